The van der Waals surface area contributed by atoms with Crippen molar-refractivity contribution in [2.24, 2.45) is 4.99 Å². The summed E-state index contributed by atoms with van der Waals surface area (Å²) >= 11 is 0. The van der Waals surface area contributed by atoms with E-state index in [0.29, 0.717) is 0 Å². The van der Waals surface area contributed by atoms with Gasteiger partial charge in [-0.05, 0) is 29.8 Å². The summed E-state index contributed by atoms with van der Waals surface area (Å²) in [7, 11) is 0. The molecule has 1 fully saturated rings. The number of morpholine rings is 1. The molecular weight excluding hydrogens is 360 g/mol. The quantitative estimate of drug-likeness (QED) is 0.699. The minimum atomic E-state index is -0.207. The molecule has 5 rings (SSSR count). The number of nitrogens with one attached hydrogen (secondary N) is 2. The first-order valence-electron chi connectivity index (χ1n) is 10.0. The van der Waals surface area contributed by atoms with Gasteiger partial charge in [-0.15, -0.1) is 0 Å². The van der Waals surface area contributed by atoms with Gasteiger partial charge in [-0.3, -0.25) is 0 Å². The van der Waals surface area contributed by atoms with Crippen molar-refractivity contribution in [3.63, 3.8) is 0 Å². The minimum Gasteiger partial charge on any atom is -0.378 e. The van der Waals surface area contributed by atoms with Gasteiger partial charge in [-0.2, -0.15) is 0 Å². The molecule has 2 aliphatic heterocycles. The number of hydrogen-bond donors (Lipinski definition) is 2. The highest BCUT2D eigenvalue weighted by Gasteiger charge is 2.17. The Labute approximate surface area is 171 Å². The lowest BCUT2D eigenvalue weighted by molar-refractivity contribution is 0.122. The maximum atomic E-state index is 5.44. The molecule has 1 atom stereocenters. The number of nitrogens with zero attached hydrogens (tertiary/aromatic N) is 2. The molecule has 5 heteroatoms. The molecule has 1 saturated heterocycles. The molecule has 2 aliphatic rings. The molecule has 0 bridgehead atoms. The Bertz CT molecular complexity index is 995. The third-order valence-electron chi connectivity index (χ3n) is 5.37. The van der Waals surface area contributed by atoms with Crippen molar-refractivity contribution in [3.05, 3.63) is 78.4 Å². The molecule has 1 unspecified atom stereocenters. The van der Waals surface area contributed by atoms with Crippen LogP contribution in [0, 0.1) is 0 Å². The molecule has 3 aromatic rings. The molecule has 0 amide bonds. The van der Waals surface area contributed by atoms with Crippen molar-refractivity contribution in [1.29, 1.82) is 0 Å². The van der Waals surface area contributed by atoms with E-state index in [2.05, 4.69) is 87.3 Å². The first-order valence-corrected chi connectivity index (χ1v) is 10.0. The molecule has 29 heavy (non-hydrogen) atoms. The zero-order chi connectivity index (χ0) is 19.5. The summed E-state index contributed by atoms with van der Waals surface area (Å²) in [5.74, 6) is 0. The van der Waals surface area contributed by atoms with Crippen LogP contribution in [0.1, 0.15) is 5.56 Å². The standard InChI is InChI=1S/C24H24N4O/c1-2-5-18(6-3-1)22-8-4-7-19-17-25-24(27-23(19)22)26-20-9-11-21(12-10-20)28-13-15-29-16-14-28/h1-12,17,24,26-27H,13-16H2. The second-order valence-electron chi connectivity index (χ2n) is 7.25. The predicted molar refractivity (Wildman–Crippen MR) is 120 cm³/mol. The number of hydrogen-bond acceptors (Lipinski definition) is 5. The third kappa shape index (κ3) is 3.82. The van der Waals surface area contributed by atoms with Gasteiger partial charge in [-0.25, -0.2) is 4.99 Å². The first-order chi connectivity index (χ1) is 14.4. The van der Waals surface area contributed by atoms with Crippen LogP contribution in [0.2, 0.25) is 0 Å². The summed E-state index contributed by atoms with van der Waals surface area (Å²) < 4.78 is 5.44. The van der Waals surface area contributed by atoms with E-state index in [4.69, 9.17) is 4.74 Å². The molecule has 0 radical (unpaired) electrons. The average Bonchev–Trinajstić information content (AvgIpc) is 2.80. The summed E-state index contributed by atoms with van der Waals surface area (Å²) in [6.45, 7) is 3.48. The summed E-state index contributed by atoms with van der Waals surface area (Å²) in [5, 5.41) is 7.03. The van der Waals surface area contributed by atoms with Gasteiger partial charge in [-0.1, -0.05) is 48.5 Å². The lowest BCUT2D eigenvalue weighted by Crippen LogP contribution is -2.36. The zero-order valence-electron chi connectivity index (χ0n) is 16.2. The number of rotatable bonds is 4. The monoisotopic (exact) mass is 384 g/mol. The Hall–Kier alpha value is -3.31. The minimum absolute atomic E-state index is 0.207. The van der Waals surface area contributed by atoms with Crippen LogP contribution in [0.3, 0.4) is 0 Å². The summed E-state index contributed by atoms with van der Waals surface area (Å²) in [5.41, 5.74) is 6.86. The lowest BCUT2D eigenvalue weighted by Gasteiger charge is -2.29. The van der Waals surface area contributed by atoms with Crippen molar-refractivity contribution >= 4 is 23.3 Å². The molecule has 0 aromatic heterocycles. The van der Waals surface area contributed by atoms with E-state index in [1.54, 1.807) is 0 Å². The van der Waals surface area contributed by atoms with Crippen LogP contribution in [-0.4, -0.2) is 38.8 Å². The molecule has 3 aromatic carbocycles. The summed E-state index contributed by atoms with van der Waals surface area (Å²) in [6, 6.07) is 25.3. The summed E-state index contributed by atoms with van der Waals surface area (Å²) in [6.07, 6.45) is 1.74. The molecule has 0 aliphatic carbocycles. The largest absolute Gasteiger partial charge is 0.378 e. The Morgan fingerprint density at radius 1 is 0.897 bits per heavy atom. The van der Waals surface area contributed by atoms with Gasteiger partial charge < -0.3 is 20.3 Å². The normalized spacial score (nSPS) is 18.1. The molecule has 2 heterocycles. The third-order valence-corrected chi connectivity index (χ3v) is 5.37. The highest BCUT2D eigenvalue weighted by atomic mass is 16.5. The zero-order valence-corrected chi connectivity index (χ0v) is 16.2. The fourth-order valence-electron chi connectivity index (χ4n) is 3.85. The molecule has 0 saturated carbocycles. The second-order valence-corrected chi connectivity index (χ2v) is 7.25. The van der Waals surface area contributed by atoms with Crippen molar-refractivity contribution in [2.75, 3.05) is 41.8 Å². The number of aliphatic imine (C=N–C) groups is 1. The van der Waals surface area contributed by atoms with Gasteiger partial charge in [0.1, 0.15) is 0 Å². The first kappa shape index (κ1) is 17.8. The molecule has 146 valence electrons. The van der Waals surface area contributed by atoms with Gasteiger partial charge in [0.2, 0.25) is 0 Å². The Morgan fingerprint density at radius 2 is 1.69 bits per heavy atom. The van der Waals surface area contributed by atoms with Crippen molar-refractivity contribution in [3.8, 4) is 11.1 Å². The van der Waals surface area contributed by atoms with Crippen LogP contribution >= 0.6 is 0 Å². The van der Waals surface area contributed by atoms with E-state index in [-0.39, 0.29) is 6.29 Å². The van der Waals surface area contributed by atoms with Gasteiger partial charge in [0.25, 0.3) is 0 Å². The van der Waals surface area contributed by atoms with Crippen molar-refractivity contribution in [2.45, 2.75) is 6.29 Å². The SMILES string of the molecule is C1=NC(Nc2ccc(N3CCOCC3)cc2)Nc2c1cccc2-c1ccccc1. The molecule has 0 spiro atoms. The van der Waals surface area contributed by atoms with E-state index < -0.39 is 0 Å². The Balaban J connectivity index is 1.32. The van der Waals surface area contributed by atoms with E-state index in [1.807, 2.05) is 12.3 Å². The van der Waals surface area contributed by atoms with Crippen LogP contribution in [0.4, 0.5) is 17.1 Å². The van der Waals surface area contributed by atoms with Crippen LogP contribution in [0.5, 0.6) is 0 Å². The average molecular weight is 384 g/mol. The molecule has 5 nitrogen and oxygen atoms in total. The second kappa shape index (κ2) is 7.97. The highest BCUT2D eigenvalue weighted by molar-refractivity contribution is 5.96. The van der Waals surface area contributed by atoms with Gasteiger partial charge >= 0.3 is 0 Å². The Morgan fingerprint density at radius 3 is 2.48 bits per heavy atom. The summed E-state index contributed by atoms with van der Waals surface area (Å²) in [4.78, 5) is 6.99. The van der Waals surface area contributed by atoms with Crippen molar-refractivity contribution < 1.29 is 4.74 Å². The van der Waals surface area contributed by atoms with Crippen LogP contribution in [-0.2, 0) is 4.74 Å². The number of para-hydroxylation sites is 1. The van der Waals surface area contributed by atoms with E-state index >= 15 is 0 Å². The van der Waals surface area contributed by atoms with Gasteiger partial charge in [0.15, 0.2) is 6.29 Å². The number of fused-ring (bicyclic) bond motifs is 1. The number of anilines is 3. The van der Waals surface area contributed by atoms with Gasteiger partial charge in [0, 0.05) is 41.8 Å². The lowest BCUT2D eigenvalue weighted by atomic mass is 9.99. The van der Waals surface area contributed by atoms with Crippen molar-refractivity contribution in [1.82, 2.24) is 0 Å². The number of ether oxygens (including phenoxy) is 1. The molecule has 2 N–H and O–H groups in total. The maximum absolute atomic E-state index is 5.44. The molecular formula is C24H24N4O. The Kier molecular flexibility index (Phi) is 4.88. The predicted octanol–water partition coefficient (Wildman–Crippen LogP) is 4.43. The van der Waals surface area contributed by atoms with Crippen LogP contribution in [0.25, 0.3) is 11.1 Å². The van der Waals surface area contributed by atoms with E-state index in [0.717, 1.165) is 43.2 Å². The fourth-order valence-corrected chi connectivity index (χ4v) is 3.85. The number of benzene rings is 3. The van der Waals surface area contributed by atoms with Crippen LogP contribution < -0.4 is 15.5 Å². The van der Waals surface area contributed by atoms with E-state index in [1.165, 1.54) is 16.8 Å². The maximum Gasteiger partial charge on any atom is 0.194 e. The van der Waals surface area contributed by atoms with E-state index in [9.17, 15) is 0 Å². The van der Waals surface area contributed by atoms with Crippen LogP contribution in [0.15, 0.2) is 77.8 Å². The smallest absolute Gasteiger partial charge is 0.194 e. The highest BCUT2D eigenvalue weighted by Crippen LogP contribution is 2.33. The fraction of sp³-hybridized carbons (Fsp3) is 0.208. The van der Waals surface area contributed by atoms with Gasteiger partial charge in [0.05, 0.1) is 18.9 Å². The topological polar surface area (TPSA) is 48.9 Å².